The van der Waals surface area contributed by atoms with E-state index < -0.39 is 0 Å². The molecule has 2 aromatic heterocycles. The van der Waals surface area contributed by atoms with Crippen molar-refractivity contribution in [1.82, 2.24) is 9.55 Å². The number of methoxy groups -OCH3 is 1. The average Bonchev–Trinajstić information content (AvgIpc) is 2.73. The molecule has 2 heterocycles. The van der Waals surface area contributed by atoms with Gasteiger partial charge in [-0.1, -0.05) is 0 Å². The average molecular weight is 239 g/mol. The van der Waals surface area contributed by atoms with E-state index in [-0.39, 0.29) is 0 Å². The van der Waals surface area contributed by atoms with Crippen molar-refractivity contribution in [2.75, 3.05) is 7.11 Å². The van der Waals surface area contributed by atoms with Crippen LogP contribution >= 0.6 is 0 Å². The van der Waals surface area contributed by atoms with Gasteiger partial charge in [0.05, 0.1) is 23.8 Å². The molecule has 0 unspecified atom stereocenters. The summed E-state index contributed by atoms with van der Waals surface area (Å²) in [6, 6.07) is 8.20. The lowest BCUT2D eigenvalue weighted by molar-refractivity contribution is 0.415. The summed E-state index contributed by atoms with van der Waals surface area (Å²) in [4.78, 5) is 4.37. The SMILES string of the molecule is [CH2]Cn1c2cc(OC)ccc2c2ccnc(C)c21. The minimum absolute atomic E-state index is 0.680. The fourth-order valence-corrected chi connectivity index (χ4v) is 2.56. The number of hydrogen-bond acceptors (Lipinski definition) is 2. The summed E-state index contributed by atoms with van der Waals surface area (Å²) < 4.78 is 7.49. The summed E-state index contributed by atoms with van der Waals surface area (Å²) in [5.74, 6) is 0.866. The summed E-state index contributed by atoms with van der Waals surface area (Å²) >= 11 is 0. The quantitative estimate of drug-likeness (QED) is 0.685. The van der Waals surface area contributed by atoms with E-state index >= 15 is 0 Å². The Labute approximate surface area is 106 Å². The third-order valence-electron chi connectivity index (χ3n) is 3.39. The first-order valence-corrected chi connectivity index (χ1v) is 5.97. The fraction of sp³-hybridized carbons (Fsp3) is 0.200. The molecule has 0 N–H and O–H groups in total. The van der Waals surface area contributed by atoms with E-state index in [1.54, 1.807) is 7.11 Å². The molecule has 0 fully saturated rings. The van der Waals surface area contributed by atoms with Crippen molar-refractivity contribution in [1.29, 1.82) is 0 Å². The minimum Gasteiger partial charge on any atom is -0.497 e. The third kappa shape index (κ3) is 1.40. The molecular weight excluding hydrogens is 224 g/mol. The van der Waals surface area contributed by atoms with Gasteiger partial charge in [-0.25, -0.2) is 0 Å². The van der Waals surface area contributed by atoms with Gasteiger partial charge in [-0.3, -0.25) is 4.98 Å². The van der Waals surface area contributed by atoms with Gasteiger partial charge < -0.3 is 9.30 Å². The van der Waals surface area contributed by atoms with Gasteiger partial charge in [0.2, 0.25) is 0 Å². The first kappa shape index (κ1) is 11.1. The van der Waals surface area contributed by atoms with Crippen LogP contribution in [0.1, 0.15) is 5.69 Å². The highest BCUT2D eigenvalue weighted by molar-refractivity contribution is 6.09. The number of hydrogen-bond donors (Lipinski definition) is 0. The van der Waals surface area contributed by atoms with Crippen LogP contribution in [0.25, 0.3) is 21.8 Å². The Balaban J connectivity index is 2.53. The predicted molar refractivity (Wildman–Crippen MR) is 73.9 cm³/mol. The maximum atomic E-state index is 5.30. The maximum absolute atomic E-state index is 5.30. The summed E-state index contributed by atoms with van der Waals surface area (Å²) in [5, 5.41) is 2.45. The Morgan fingerprint density at radius 3 is 2.83 bits per heavy atom. The van der Waals surface area contributed by atoms with E-state index in [2.05, 4.69) is 34.7 Å². The molecule has 1 aromatic carbocycles. The molecule has 0 saturated carbocycles. The van der Waals surface area contributed by atoms with E-state index in [0.29, 0.717) is 6.54 Å². The number of aromatic nitrogens is 2. The second-order valence-corrected chi connectivity index (χ2v) is 4.33. The first-order valence-electron chi connectivity index (χ1n) is 5.97. The molecule has 18 heavy (non-hydrogen) atoms. The molecular formula is C15H15N2O. The van der Waals surface area contributed by atoms with E-state index in [1.807, 2.05) is 19.2 Å². The van der Waals surface area contributed by atoms with Crippen molar-refractivity contribution in [3.63, 3.8) is 0 Å². The number of pyridine rings is 1. The highest BCUT2D eigenvalue weighted by atomic mass is 16.5. The summed E-state index contributed by atoms with van der Waals surface area (Å²) in [5.41, 5.74) is 3.34. The summed E-state index contributed by atoms with van der Waals surface area (Å²) in [6.07, 6.45) is 1.86. The zero-order valence-electron chi connectivity index (χ0n) is 10.6. The number of aryl methyl sites for hydroxylation is 1. The van der Waals surface area contributed by atoms with Crippen LogP contribution < -0.4 is 4.74 Å². The van der Waals surface area contributed by atoms with Crippen LogP contribution in [0.3, 0.4) is 0 Å². The van der Waals surface area contributed by atoms with Crippen molar-refractivity contribution in [3.05, 3.63) is 43.1 Å². The van der Waals surface area contributed by atoms with Crippen LogP contribution in [0.2, 0.25) is 0 Å². The zero-order chi connectivity index (χ0) is 12.7. The Morgan fingerprint density at radius 1 is 1.28 bits per heavy atom. The van der Waals surface area contributed by atoms with Gasteiger partial charge in [-0.15, -0.1) is 0 Å². The van der Waals surface area contributed by atoms with Gasteiger partial charge in [-0.2, -0.15) is 0 Å². The van der Waals surface area contributed by atoms with Crippen LogP contribution in [0.15, 0.2) is 30.5 Å². The highest BCUT2D eigenvalue weighted by Gasteiger charge is 2.12. The van der Waals surface area contributed by atoms with Crippen LogP contribution in [-0.2, 0) is 6.54 Å². The Kier molecular flexibility index (Phi) is 2.47. The smallest absolute Gasteiger partial charge is 0.120 e. The Hall–Kier alpha value is -2.03. The Bertz CT molecular complexity index is 728. The van der Waals surface area contributed by atoms with Gasteiger partial charge in [0.1, 0.15) is 5.75 Å². The molecule has 3 rings (SSSR count). The molecule has 3 aromatic rings. The molecule has 0 bridgehead atoms. The minimum atomic E-state index is 0.680. The number of rotatable bonds is 2. The van der Waals surface area contributed by atoms with Gasteiger partial charge in [0.15, 0.2) is 0 Å². The van der Waals surface area contributed by atoms with Crippen molar-refractivity contribution >= 4 is 21.8 Å². The zero-order valence-corrected chi connectivity index (χ0v) is 10.6. The van der Waals surface area contributed by atoms with E-state index in [1.165, 1.54) is 10.8 Å². The van der Waals surface area contributed by atoms with Crippen LogP contribution in [0.5, 0.6) is 5.75 Å². The third-order valence-corrected chi connectivity index (χ3v) is 3.39. The molecule has 1 radical (unpaired) electrons. The molecule has 0 saturated heterocycles. The fourth-order valence-electron chi connectivity index (χ4n) is 2.56. The van der Waals surface area contributed by atoms with Crippen LogP contribution in [0, 0.1) is 13.8 Å². The van der Waals surface area contributed by atoms with E-state index in [0.717, 1.165) is 22.5 Å². The second kappa shape index (κ2) is 4.02. The van der Waals surface area contributed by atoms with E-state index in [9.17, 15) is 0 Å². The number of benzene rings is 1. The van der Waals surface area contributed by atoms with E-state index in [4.69, 9.17) is 4.74 Å². The van der Waals surface area contributed by atoms with Crippen LogP contribution in [0.4, 0.5) is 0 Å². The largest absolute Gasteiger partial charge is 0.497 e. The lowest BCUT2D eigenvalue weighted by atomic mass is 10.1. The topological polar surface area (TPSA) is 27.1 Å². The number of fused-ring (bicyclic) bond motifs is 3. The highest BCUT2D eigenvalue weighted by Crippen LogP contribution is 2.32. The van der Waals surface area contributed by atoms with Gasteiger partial charge in [-0.05, 0) is 32.0 Å². The molecule has 0 aliphatic carbocycles. The van der Waals surface area contributed by atoms with Crippen molar-refractivity contribution < 1.29 is 4.74 Å². The number of nitrogens with zero attached hydrogens (tertiary/aromatic N) is 2. The van der Waals surface area contributed by atoms with Gasteiger partial charge in [0, 0.05) is 29.6 Å². The molecule has 3 heteroatoms. The Morgan fingerprint density at radius 2 is 2.11 bits per heavy atom. The first-order chi connectivity index (χ1) is 8.76. The molecule has 0 amide bonds. The lowest BCUT2D eigenvalue weighted by Gasteiger charge is -2.05. The molecule has 3 nitrogen and oxygen atoms in total. The lowest BCUT2D eigenvalue weighted by Crippen LogP contribution is -1.96. The monoisotopic (exact) mass is 239 g/mol. The van der Waals surface area contributed by atoms with Crippen LogP contribution in [-0.4, -0.2) is 16.7 Å². The summed E-state index contributed by atoms with van der Waals surface area (Å²) in [6.45, 7) is 6.73. The normalized spacial score (nSPS) is 11.3. The molecule has 0 aliphatic rings. The maximum Gasteiger partial charge on any atom is 0.120 e. The van der Waals surface area contributed by atoms with Gasteiger partial charge in [0.25, 0.3) is 0 Å². The molecule has 91 valence electrons. The molecule has 0 aliphatic heterocycles. The van der Waals surface area contributed by atoms with Crippen molar-refractivity contribution in [2.45, 2.75) is 13.5 Å². The van der Waals surface area contributed by atoms with Gasteiger partial charge >= 0.3 is 0 Å². The standard InChI is InChI=1S/C15H15N2O/c1-4-17-14-9-11(18-3)5-6-12(14)13-7-8-16-10(2)15(13)17/h5-9H,1,4H2,2-3H3. The van der Waals surface area contributed by atoms with Crippen molar-refractivity contribution in [2.24, 2.45) is 0 Å². The second-order valence-electron chi connectivity index (χ2n) is 4.33. The molecule has 0 atom stereocenters. The summed E-state index contributed by atoms with van der Waals surface area (Å²) in [7, 11) is 1.69. The number of ether oxygens (including phenoxy) is 1. The predicted octanol–water partition coefficient (Wildman–Crippen LogP) is 3.34. The molecule has 0 spiro atoms. The van der Waals surface area contributed by atoms with Crippen molar-refractivity contribution in [3.8, 4) is 5.75 Å².